The van der Waals surface area contributed by atoms with Gasteiger partial charge in [0.2, 0.25) is 0 Å². The normalized spacial score (nSPS) is 16.2. The van der Waals surface area contributed by atoms with Gasteiger partial charge in [-0.25, -0.2) is 9.38 Å². The number of hydrogen-bond donors (Lipinski definition) is 2. The summed E-state index contributed by atoms with van der Waals surface area (Å²) in [5.41, 5.74) is 1.85. The van der Waals surface area contributed by atoms with Crippen molar-refractivity contribution in [3.8, 4) is 0 Å². The van der Waals surface area contributed by atoms with Gasteiger partial charge in [0, 0.05) is 39.5 Å². The SMILES string of the molecule is CCNC(=NCc1ccc(F)c(COC)c1)NCC1(CCOC)CCC1. The van der Waals surface area contributed by atoms with Crippen molar-refractivity contribution in [2.24, 2.45) is 10.4 Å². The highest BCUT2D eigenvalue weighted by Crippen LogP contribution is 2.43. The van der Waals surface area contributed by atoms with Crippen LogP contribution in [0.2, 0.25) is 0 Å². The van der Waals surface area contributed by atoms with Crippen LogP contribution in [0.4, 0.5) is 4.39 Å². The van der Waals surface area contributed by atoms with E-state index in [0.717, 1.165) is 37.6 Å². The number of aliphatic imine (C=N–C) groups is 1. The molecule has 5 nitrogen and oxygen atoms in total. The summed E-state index contributed by atoms with van der Waals surface area (Å²) >= 11 is 0. The Hall–Kier alpha value is -1.66. The zero-order valence-corrected chi connectivity index (χ0v) is 16.2. The van der Waals surface area contributed by atoms with Crippen molar-refractivity contribution < 1.29 is 13.9 Å². The Morgan fingerprint density at radius 3 is 2.65 bits per heavy atom. The van der Waals surface area contributed by atoms with Gasteiger partial charge >= 0.3 is 0 Å². The first-order valence-electron chi connectivity index (χ1n) is 9.40. The average Bonchev–Trinajstić information content (AvgIpc) is 2.61. The molecule has 0 heterocycles. The Balaban J connectivity index is 1.96. The summed E-state index contributed by atoms with van der Waals surface area (Å²) in [5, 5.41) is 6.77. The monoisotopic (exact) mass is 365 g/mol. The number of nitrogens with zero attached hydrogens (tertiary/aromatic N) is 1. The molecular formula is C20H32FN3O2. The number of guanidine groups is 1. The number of ether oxygens (including phenoxy) is 2. The van der Waals surface area contributed by atoms with E-state index in [-0.39, 0.29) is 12.4 Å². The number of rotatable bonds is 10. The first kappa shape index (κ1) is 20.6. The summed E-state index contributed by atoms with van der Waals surface area (Å²) in [6, 6.07) is 5.07. The largest absolute Gasteiger partial charge is 0.385 e. The Bertz CT molecular complexity index is 588. The molecule has 0 aliphatic heterocycles. The minimum atomic E-state index is -0.241. The van der Waals surface area contributed by atoms with E-state index < -0.39 is 0 Å². The van der Waals surface area contributed by atoms with Crippen LogP contribution >= 0.6 is 0 Å². The molecule has 0 saturated heterocycles. The van der Waals surface area contributed by atoms with E-state index in [2.05, 4.69) is 22.5 Å². The van der Waals surface area contributed by atoms with Gasteiger partial charge in [0.15, 0.2) is 5.96 Å². The molecule has 0 radical (unpaired) electrons. The smallest absolute Gasteiger partial charge is 0.191 e. The lowest BCUT2D eigenvalue weighted by atomic mass is 9.67. The van der Waals surface area contributed by atoms with Crippen LogP contribution < -0.4 is 10.6 Å². The topological polar surface area (TPSA) is 54.9 Å². The predicted octanol–water partition coefficient (Wildman–Crippen LogP) is 3.23. The first-order valence-corrected chi connectivity index (χ1v) is 9.40. The number of nitrogens with one attached hydrogen (secondary N) is 2. The number of halogens is 1. The van der Waals surface area contributed by atoms with Crippen LogP contribution in [0.3, 0.4) is 0 Å². The highest BCUT2D eigenvalue weighted by molar-refractivity contribution is 5.79. The molecule has 0 unspecified atom stereocenters. The molecule has 2 N–H and O–H groups in total. The van der Waals surface area contributed by atoms with E-state index in [1.54, 1.807) is 20.3 Å². The summed E-state index contributed by atoms with van der Waals surface area (Å²) < 4.78 is 24.0. The first-order chi connectivity index (χ1) is 12.6. The van der Waals surface area contributed by atoms with Gasteiger partial charge in [-0.2, -0.15) is 0 Å². The van der Waals surface area contributed by atoms with E-state index in [1.165, 1.54) is 25.3 Å². The molecule has 1 aliphatic rings. The Morgan fingerprint density at radius 1 is 1.23 bits per heavy atom. The van der Waals surface area contributed by atoms with Gasteiger partial charge in [0.1, 0.15) is 5.82 Å². The van der Waals surface area contributed by atoms with Crippen LogP contribution in [-0.4, -0.2) is 39.9 Å². The van der Waals surface area contributed by atoms with Gasteiger partial charge in [-0.15, -0.1) is 0 Å². The Kier molecular flexibility index (Phi) is 8.32. The van der Waals surface area contributed by atoms with Crippen molar-refractivity contribution in [3.05, 3.63) is 35.1 Å². The second kappa shape index (κ2) is 10.5. The van der Waals surface area contributed by atoms with Crippen LogP contribution in [0.1, 0.15) is 43.7 Å². The van der Waals surface area contributed by atoms with Crippen LogP contribution in [-0.2, 0) is 22.6 Å². The molecular weight excluding hydrogens is 333 g/mol. The van der Waals surface area contributed by atoms with Crippen molar-refractivity contribution in [3.63, 3.8) is 0 Å². The quantitative estimate of drug-likeness (QED) is 0.494. The molecule has 6 heteroatoms. The van der Waals surface area contributed by atoms with Gasteiger partial charge in [0.05, 0.1) is 13.2 Å². The molecule has 0 atom stereocenters. The zero-order valence-electron chi connectivity index (χ0n) is 16.2. The lowest BCUT2D eigenvalue weighted by Gasteiger charge is -2.42. The fourth-order valence-electron chi connectivity index (χ4n) is 3.29. The highest BCUT2D eigenvalue weighted by Gasteiger charge is 2.36. The van der Waals surface area contributed by atoms with Gasteiger partial charge in [-0.05, 0) is 49.3 Å². The predicted molar refractivity (Wildman–Crippen MR) is 103 cm³/mol. The molecule has 0 spiro atoms. The number of methoxy groups -OCH3 is 2. The van der Waals surface area contributed by atoms with Crippen LogP contribution in [0.25, 0.3) is 0 Å². The summed E-state index contributed by atoms with van der Waals surface area (Å²) in [6.07, 6.45) is 4.84. The van der Waals surface area contributed by atoms with Gasteiger partial charge in [-0.1, -0.05) is 12.5 Å². The molecule has 146 valence electrons. The number of benzene rings is 1. The molecule has 0 aromatic heterocycles. The summed E-state index contributed by atoms with van der Waals surface area (Å²) in [6.45, 7) is 5.32. The summed E-state index contributed by atoms with van der Waals surface area (Å²) in [5.74, 6) is 0.559. The summed E-state index contributed by atoms with van der Waals surface area (Å²) in [7, 11) is 3.32. The zero-order chi connectivity index (χ0) is 18.8. The molecule has 1 fully saturated rings. The van der Waals surface area contributed by atoms with E-state index in [9.17, 15) is 4.39 Å². The van der Waals surface area contributed by atoms with Crippen molar-refractivity contribution >= 4 is 5.96 Å². The highest BCUT2D eigenvalue weighted by atomic mass is 19.1. The van der Waals surface area contributed by atoms with Crippen LogP contribution in [0.5, 0.6) is 0 Å². The van der Waals surface area contributed by atoms with Crippen molar-refractivity contribution in [1.82, 2.24) is 10.6 Å². The van der Waals surface area contributed by atoms with E-state index in [4.69, 9.17) is 9.47 Å². The molecule has 1 aromatic rings. The van der Waals surface area contributed by atoms with Crippen molar-refractivity contribution in [1.29, 1.82) is 0 Å². The Morgan fingerprint density at radius 2 is 2.04 bits per heavy atom. The van der Waals surface area contributed by atoms with E-state index >= 15 is 0 Å². The van der Waals surface area contributed by atoms with E-state index in [1.807, 2.05) is 6.07 Å². The second-order valence-corrected chi connectivity index (χ2v) is 7.00. The molecule has 2 rings (SSSR count). The fraction of sp³-hybridized carbons (Fsp3) is 0.650. The minimum Gasteiger partial charge on any atom is -0.385 e. The molecule has 26 heavy (non-hydrogen) atoms. The summed E-state index contributed by atoms with van der Waals surface area (Å²) in [4.78, 5) is 4.66. The fourth-order valence-corrected chi connectivity index (χ4v) is 3.29. The van der Waals surface area contributed by atoms with Crippen molar-refractivity contribution in [2.45, 2.75) is 45.8 Å². The molecule has 1 aliphatic carbocycles. The molecule has 0 bridgehead atoms. The third-order valence-corrected chi connectivity index (χ3v) is 5.06. The van der Waals surface area contributed by atoms with Crippen LogP contribution in [0.15, 0.2) is 23.2 Å². The van der Waals surface area contributed by atoms with Crippen molar-refractivity contribution in [2.75, 3.05) is 33.9 Å². The second-order valence-electron chi connectivity index (χ2n) is 7.00. The van der Waals surface area contributed by atoms with Gasteiger partial charge < -0.3 is 20.1 Å². The Labute approximate surface area is 156 Å². The maximum atomic E-state index is 13.7. The lowest BCUT2D eigenvalue weighted by molar-refractivity contribution is 0.0732. The van der Waals surface area contributed by atoms with Gasteiger partial charge in [-0.3, -0.25) is 0 Å². The standard InChI is InChI=1S/C20H32FN3O2/c1-4-22-19(24-15-20(8-5-9-20)10-11-25-2)23-13-16-6-7-18(21)17(12-16)14-26-3/h6-7,12H,4-5,8-11,13-15H2,1-3H3,(H2,22,23,24). The third kappa shape index (κ3) is 5.95. The van der Waals surface area contributed by atoms with Crippen LogP contribution in [0, 0.1) is 11.2 Å². The average molecular weight is 365 g/mol. The molecule has 1 saturated carbocycles. The minimum absolute atomic E-state index is 0.241. The molecule has 1 aromatic carbocycles. The third-order valence-electron chi connectivity index (χ3n) is 5.06. The maximum absolute atomic E-state index is 13.7. The van der Waals surface area contributed by atoms with Gasteiger partial charge in [0.25, 0.3) is 0 Å². The van der Waals surface area contributed by atoms with E-state index in [0.29, 0.717) is 17.5 Å². The number of hydrogen-bond acceptors (Lipinski definition) is 3. The maximum Gasteiger partial charge on any atom is 0.191 e. The lowest BCUT2D eigenvalue weighted by Crippen LogP contribution is -2.46. The molecule has 0 amide bonds.